The summed E-state index contributed by atoms with van der Waals surface area (Å²) >= 11 is 0. The molecule has 88 valence electrons. The van der Waals surface area contributed by atoms with Crippen LogP contribution >= 0.6 is 0 Å². The van der Waals surface area contributed by atoms with Crippen molar-refractivity contribution in [1.82, 2.24) is 14.8 Å². The van der Waals surface area contributed by atoms with E-state index in [1.54, 1.807) is 0 Å². The van der Waals surface area contributed by atoms with E-state index >= 15 is 0 Å². The first-order valence-corrected chi connectivity index (χ1v) is 5.85. The molecule has 1 aromatic carbocycles. The van der Waals surface area contributed by atoms with Gasteiger partial charge in [-0.15, -0.1) is 0 Å². The van der Waals surface area contributed by atoms with Gasteiger partial charge >= 0.3 is 0 Å². The minimum atomic E-state index is 0.441. The summed E-state index contributed by atoms with van der Waals surface area (Å²) in [7, 11) is 0. The lowest BCUT2D eigenvalue weighted by Crippen LogP contribution is -2.15. The van der Waals surface area contributed by atoms with E-state index in [2.05, 4.69) is 30.0 Å². The van der Waals surface area contributed by atoms with Gasteiger partial charge in [-0.25, -0.2) is 9.67 Å². The van der Waals surface area contributed by atoms with Crippen LogP contribution in [0.15, 0.2) is 18.2 Å². The van der Waals surface area contributed by atoms with Crippen molar-refractivity contribution >= 4 is 0 Å². The van der Waals surface area contributed by atoms with Gasteiger partial charge in [-0.1, -0.05) is 26.0 Å². The predicted molar refractivity (Wildman–Crippen MR) is 64.5 cm³/mol. The van der Waals surface area contributed by atoms with Crippen molar-refractivity contribution in [1.29, 1.82) is 0 Å². The molecule has 0 atom stereocenters. The topological polar surface area (TPSA) is 39.9 Å². The molecule has 17 heavy (non-hydrogen) atoms. The van der Waals surface area contributed by atoms with Gasteiger partial charge in [0.2, 0.25) is 0 Å². The predicted octanol–water partition coefficient (Wildman–Crippen LogP) is 2.59. The summed E-state index contributed by atoms with van der Waals surface area (Å²) in [6.07, 6.45) is 0. The second kappa shape index (κ2) is 3.58. The zero-order valence-electron chi connectivity index (χ0n) is 10.3. The summed E-state index contributed by atoms with van der Waals surface area (Å²) in [4.78, 5) is 4.35. The van der Waals surface area contributed by atoms with Gasteiger partial charge in [0.25, 0.3) is 0 Å². The highest BCUT2D eigenvalue weighted by atomic mass is 16.5. The third-order valence-corrected chi connectivity index (χ3v) is 3.00. The van der Waals surface area contributed by atoms with E-state index in [0.29, 0.717) is 12.5 Å². The number of ether oxygens (including phenoxy) is 1. The van der Waals surface area contributed by atoms with E-state index < -0.39 is 0 Å². The molecule has 0 fully saturated rings. The zero-order chi connectivity index (χ0) is 12.0. The number of rotatable bonds is 1. The molecule has 0 unspecified atom stereocenters. The fraction of sp³-hybridized carbons (Fsp3) is 0.385. The van der Waals surface area contributed by atoms with E-state index in [1.165, 1.54) is 5.56 Å². The first kappa shape index (κ1) is 10.3. The van der Waals surface area contributed by atoms with Gasteiger partial charge in [0.1, 0.15) is 23.9 Å². The van der Waals surface area contributed by atoms with Crippen LogP contribution < -0.4 is 4.74 Å². The van der Waals surface area contributed by atoms with Gasteiger partial charge in [-0.3, -0.25) is 0 Å². The standard InChI is InChI=1S/C13H15N3O/c1-8(2)10-5-4-6-11-13(10)17-7-12-14-9(3)15-16(11)12/h4-6,8H,7H2,1-3H3. The van der Waals surface area contributed by atoms with Gasteiger partial charge in [-0.05, 0) is 24.5 Å². The number of para-hydroxylation sites is 1. The van der Waals surface area contributed by atoms with E-state index in [0.717, 1.165) is 23.1 Å². The molecule has 1 aliphatic heterocycles. The Morgan fingerprint density at radius 1 is 1.35 bits per heavy atom. The average molecular weight is 229 g/mol. The van der Waals surface area contributed by atoms with Crippen LogP contribution in [0, 0.1) is 6.92 Å². The molecular formula is C13H15N3O. The Hall–Kier alpha value is -1.84. The maximum Gasteiger partial charge on any atom is 0.170 e. The minimum absolute atomic E-state index is 0.441. The van der Waals surface area contributed by atoms with Crippen LogP contribution in [0.2, 0.25) is 0 Å². The van der Waals surface area contributed by atoms with Gasteiger partial charge in [0.15, 0.2) is 5.82 Å². The second-order valence-corrected chi connectivity index (χ2v) is 4.63. The highest BCUT2D eigenvalue weighted by Gasteiger charge is 2.22. The highest BCUT2D eigenvalue weighted by Crippen LogP contribution is 2.35. The third kappa shape index (κ3) is 1.52. The van der Waals surface area contributed by atoms with E-state index in [9.17, 15) is 0 Å². The Labute approximate surface area is 100 Å². The highest BCUT2D eigenvalue weighted by molar-refractivity contribution is 5.54. The molecule has 2 heterocycles. The number of hydrogen-bond acceptors (Lipinski definition) is 3. The van der Waals surface area contributed by atoms with E-state index in [1.807, 2.05) is 23.7 Å². The average Bonchev–Trinajstić information content (AvgIpc) is 2.68. The van der Waals surface area contributed by atoms with Crippen LogP contribution in [0.4, 0.5) is 0 Å². The Morgan fingerprint density at radius 3 is 2.94 bits per heavy atom. The van der Waals surface area contributed by atoms with Crippen LogP contribution in [0.5, 0.6) is 5.75 Å². The van der Waals surface area contributed by atoms with Crippen LogP contribution in [-0.4, -0.2) is 14.8 Å². The van der Waals surface area contributed by atoms with Gasteiger partial charge in [0.05, 0.1) is 0 Å². The lowest BCUT2D eigenvalue weighted by molar-refractivity contribution is 0.272. The van der Waals surface area contributed by atoms with Gasteiger partial charge in [-0.2, -0.15) is 5.10 Å². The number of aromatic nitrogens is 3. The van der Waals surface area contributed by atoms with Crippen molar-refractivity contribution in [2.75, 3.05) is 0 Å². The summed E-state index contributed by atoms with van der Waals surface area (Å²) in [5, 5.41) is 4.42. The van der Waals surface area contributed by atoms with Crippen molar-refractivity contribution in [3.8, 4) is 11.4 Å². The normalized spacial score (nSPS) is 13.2. The van der Waals surface area contributed by atoms with Gasteiger partial charge in [0, 0.05) is 0 Å². The van der Waals surface area contributed by atoms with E-state index in [4.69, 9.17) is 4.74 Å². The first-order valence-electron chi connectivity index (χ1n) is 5.85. The van der Waals surface area contributed by atoms with E-state index in [-0.39, 0.29) is 0 Å². The van der Waals surface area contributed by atoms with Crippen molar-refractivity contribution in [3.63, 3.8) is 0 Å². The molecule has 4 heteroatoms. The molecule has 0 N–H and O–H groups in total. The second-order valence-electron chi connectivity index (χ2n) is 4.63. The molecule has 1 aromatic heterocycles. The summed E-state index contributed by atoms with van der Waals surface area (Å²) in [6.45, 7) is 6.73. The lowest BCUT2D eigenvalue weighted by atomic mass is 10.0. The van der Waals surface area contributed by atoms with Crippen molar-refractivity contribution in [2.24, 2.45) is 0 Å². The Kier molecular flexibility index (Phi) is 2.18. The maximum atomic E-state index is 5.83. The summed E-state index contributed by atoms with van der Waals surface area (Å²) in [5.74, 6) is 3.04. The van der Waals surface area contributed by atoms with Crippen LogP contribution in [0.25, 0.3) is 5.69 Å². The molecular weight excluding hydrogens is 214 g/mol. The third-order valence-electron chi connectivity index (χ3n) is 3.00. The smallest absolute Gasteiger partial charge is 0.170 e. The molecule has 0 saturated heterocycles. The lowest BCUT2D eigenvalue weighted by Gasteiger charge is -2.22. The van der Waals surface area contributed by atoms with Crippen LogP contribution in [0.1, 0.15) is 37.0 Å². The molecule has 0 saturated carbocycles. The minimum Gasteiger partial charge on any atom is -0.483 e. The molecule has 4 nitrogen and oxygen atoms in total. The molecule has 0 aliphatic carbocycles. The molecule has 2 aromatic rings. The monoisotopic (exact) mass is 229 g/mol. The Balaban J connectivity index is 2.23. The zero-order valence-corrected chi connectivity index (χ0v) is 10.3. The quantitative estimate of drug-likeness (QED) is 0.754. The number of nitrogens with zero attached hydrogens (tertiary/aromatic N) is 3. The summed E-state index contributed by atoms with van der Waals surface area (Å²) < 4.78 is 7.72. The molecule has 0 spiro atoms. The molecule has 1 aliphatic rings. The van der Waals surface area contributed by atoms with Crippen molar-refractivity contribution in [3.05, 3.63) is 35.4 Å². The molecule has 0 amide bonds. The maximum absolute atomic E-state index is 5.83. The fourth-order valence-corrected chi connectivity index (χ4v) is 2.20. The van der Waals surface area contributed by atoms with Gasteiger partial charge < -0.3 is 4.74 Å². The van der Waals surface area contributed by atoms with Crippen LogP contribution in [0.3, 0.4) is 0 Å². The largest absolute Gasteiger partial charge is 0.483 e. The molecule has 0 bridgehead atoms. The number of fused-ring (bicyclic) bond motifs is 3. The molecule has 0 radical (unpaired) electrons. The van der Waals surface area contributed by atoms with Crippen molar-refractivity contribution in [2.45, 2.75) is 33.3 Å². The number of aryl methyl sites for hydroxylation is 1. The number of hydrogen-bond donors (Lipinski definition) is 0. The molecule has 3 rings (SSSR count). The number of benzene rings is 1. The fourth-order valence-electron chi connectivity index (χ4n) is 2.20. The SMILES string of the molecule is Cc1nc2n(n1)-c1cccc(C(C)C)c1OC2. The van der Waals surface area contributed by atoms with Crippen molar-refractivity contribution < 1.29 is 4.74 Å². The summed E-state index contributed by atoms with van der Waals surface area (Å²) in [6, 6.07) is 6.18. The first-order chi connectivity index (χ1) is 8.16. The Morgan fingerprint density at radius 2 is 2.18 bits per heavy atom. The van der Waals surface area contributed by atoms with Crippen LogP contribution in [-0.2, 0) is 6.61 Å². The summed E-state index contributed by atoms with van der Waals surface area (Å²) in [5.41, 5.74) is 2.22. The Bertz CT molecular complexity index is 572.